The third-order valence-corrected chi connectivity index (χ3v) is 14.2. The van der Waals surface area contributed by atoms with Crippen molar-refractivity contribution < 1.29 is 38.7 Å². The Labute approximate surface area is 359 Å². The van der Waals surface area contributed by atoms with Gasteiger partial charge in [0.05, 0.1) is 18.2 Å². The lowest BCUT2D eigenvalue weighted by Gasteiger charge is -2.54. The van der Waals surface area contributed by atoms with Crippen LogP contribution in [0.25, 0.3) is 0 Å². The Kier molecular flexibility index (Phi) is 17.2. The van der Waals surface area contributed by atoms with Gasteiger partial charge in [-0.15, -0.1) is 0 Å². The van der Waals surface area contributed by atoms with Gasteiger partial charge < -0.3 is 55.7 Å². The molecule has 6 aliphatic rings. The maximum Gasteiger partial charge on any atom is 0.316 e. The summed E-state index contributed by atoms with van der Waals surface area (Å²) >= 11 is 0. The molecule has 11 atom stereocenters. The van der Waals surface area contributed by atoms with Gasteiger partial charge in [0.25, 0.3) is 5.91 Å². The number of amides is 1. The van der Waals surface area contributed by atoms with Crippen molar-refractivity contribution in [3.05, 3.63) is 12.2 Å². The summed E-state index contributed by atoms with van der Waals surface area (Å²) in [5, 5.41) is 25.4. The Hall–Kier alpha value is -2.33. The molecule has 342 valence electrons. The van der Waals surface area contributed by atoms with Crippen molar-refractivity contribution in [2.75, 3.05) is 19.6 Å². The van der Waals surface area contributed by atoms with E-state index in [0.717, 1.165) is 115 Å². The van der Waals surface area contributed by atoms with E-state index in [1.807, 2.05) is 0 Å². The van der Waals surface area contributed by atoms with Gasteiger partial charge in [-0.1, -0.05) is 83.8 Å². The number of nitrogens with two attached hydrogens (primary N) is 2. The Morgan fingerprint density at radius 3 is 2.38 bits per heavy atom. The highest BCUT2D eigenvalue weighted by Crippen LogP contribution is 2.51. The van der Waals surface area contributed by atoms with Crippen LogP contribution in [0.3, 0.4) is 0 Å². The van der Waals surface area contributed by atoms with Gasteiger partial charge in [0, 0.05) is 25.4 Å². The Morgan fingerprint density at radius 1 is 0.967 bits per heavy atom. The van der Waals surface area contributed by atoms with Crippen LogP contribution in [0.1, 0.15) is 175 Å². The van der Waals surface area contributed by atoms with Crippen molar-refractivity contribution >= 4 is 17.8 Å². The first-order valence-electron chi connectivity index (χ1n) is 24.2. The topological polar surface area (TPSA) is 194 Å². The number of morpholine rings is 1. The lowest BCUT2D eigenvalue weighted by atomic mass is 9.80. The molecule has 14 nitrogen and oxygen atoms in total. The van der Waals surface area contributed by atoms with E-state index in [9.17, 15) is 19.8 Å². The number of nitrogens with one attached hydrogen (secondary N) is 1. The summed E-state index contributed by atoms with van der Waals surface area (Å²) in [6.07, 6.45) is 24.3. The number of aliphatic hydroxyl groups is 2. The van der Waals surface area contributed by atoms with Gasteiger partial charge in [-0.3, -0.25) is 9.59 Å². The fraction of sp³-hybridized carbons (Fsp3) is 0.891. The summed E-state index contributed by atoms with van der Waals surface area (Å²) in [5.74, 6) is -1.88. The number of carbonyl (C=O) groups is 2. The summed E-state index contributed by atoms with van der Waals surface area (Å²) < 4.78 is 25.7. The molecule has 0 radical (unpaired) electrons. The average molecular weight is 845 g/mol. The largest absolute Gasteiger partial charge is 0.462 e. The molecule has 2 spiro atoms. The number of rotatable bonds is 23. The van der Waals surface area contributed by atoms with Crippen molar-refractivity contribution in [2.45, 2.75) is 235 Å². The van der Waals surface area contributed by atoms with E-state index in [1.165, 1.54) is 30.6 Å². The quantitative estimate of drug-likeness (QED) is 0.0468. The lowest BCUT2D eigenvalue weighted by molar-refractivity contribution is -0.325. The molecule has 14 heteroatoms. The zero-order chi connectivity index (χ0) is 42.8. The molecule has 6 aliphatic heterocycles. The number of hydrogen-bond acceptors (Lipinski definition) is 13. The number of hydrogen-bond donors (Lipinski definition) is 5. The van der Waals surface area contributed by atoms with Gasteiger partial charge in [-0.05, 0) is 103 Å². The van der Waals surface area contributed by atoms with Gasteiger partial charge >= 0.3 is 5.97 Å². The van der Waals surface area contributed by atoms with Crippen LogP contribution in [-0.2, 0) is 28.5 Å². The van der Waals surface area contributed by atoms with Gasteiger partial charge in [0.15, 0.2) is 17.9 Å². The van der Waals surface area contributed by atoms with Crippen LogP contribution in [0.5, 0.6) is 0 Å². The number of ether oxygens (including phenoxy) is 4. The number of carbonyl (C=O) groups excluding carboxylic acids is 2. The van der Waals surface area contributed by atoms with Crippen LogP contribution in [0.15, 0.2) is 17.1 Å². The molecule has 0 bridgehead atoms. The van der Waals surface area contributed by atoms with Crippen LogP contribution in [0.4, 0.5) is 0 Å². The first-order valence-corrected chi connectivity index (χ1v) is 24.2. The second-order valence-corrected chi connectivity index (χ2v) is 18.8. The van der Waals surface area contributed by atoms with Crippen molar-refractivity contribution in [3.8, 4) is 0 Å². The molecule has 6 rings (SSSR count). The highest BCUT2D eigenvalue weighted by Gasteiger charge is 2.62. The summed E-state index contributed by atoms with van der Waals surface area (Å²) in [5.41, 5.74) is 9.97. The molecule has 0 aromatic rings. The van der Waals surface area contributed by atoms with Crippen LogP contribution < -0.4 is 16.8 Å². The molecule has 7 N–H and O–H groups in total. The summed E-state index contributed by atoms with van der Waals surface area (Å²) in [4.78, 5) is 36.5. The fourth-order valence-electron chi connectivity index (χ4n) is 11.0. The Bertz CT molecular complexity index is 1450. The smallest absolute Gasteiger partial charge is 0.316 e. The van der Waals surface area contributed by atoms with Crippen LogP contribution in [-0.4, -0.2) is 117 Å². The molecule has 1 amide bonds. The minimum atomic E-state index is -1.86. The van der Waals surface area contributed by atoms with Crippen LogP contribution in [0.2, 0.25) is 0 Å². The van der Waals surface area contributed by atoms with Crippen molar-refractivity contribution in [1.29, 1.82) is 0 Å². The average Bonchev–Trinajstić information content (AvgIpc) is 3.82. The number of aliphatic hydroxyl groups excluding tert-OH is 1. The molecule has 5 fully saturated rings. The van der Waals surface area contributed by atoms with E-state index in [0.29, 0.717) is 19.4 Å². The molecule has 0 aliphatic carbocycles. The lowest BCUT2D eigenvalue weighted by Crippen LogP contribution is -2.70. The van der Waals surface area contributed by atoms with Crippen molar-refractivity contribution in [2.24, 2.45) is 22.4 Å². The molecular weight excluding hydrogens is 765 g/mol. The summed E-state index contributed by atoms with van der Waals surface area (Å²) in [6.45, 7) is 7.18. The van der Waals surface area contributed by atoms with Gasteiger partial charge in [0.1, 0.15) is 23.9 Å². The van der Waals surface area contributed by atoms with Gasteiger partial charge in [0.2, 0.25) is 5.79 Å². The standard InChI is InChI=1S/C46H80N6O8/c1-4-6-20-36-25-27-44(59-36)32-34-23-24-37-39(45(26-17-19-33(3)58-45)50-43(49-44)52(34)37)41(54)57-35(5-2)21-15-13-11-9-7-8-10-12-14-16-22-38-40(53)51(31-18-29-47)42(55)46(56,60-38)28-30-48/h6,20,33-39,42,55-56H,4-5,7-19,21-32,47-48H2,1-3H3,(H,49,50)/t33-,34+,35+,36+,37-,38-,39-,42-,44+,45-,46+/m0/s1. The zero-order valence-corrected chi connectivity index (χ0v) is 37.2. The number of unbranched alkanes of at least 4 members (excludes halogenated alkanes) is 9. The number of nitrogens with zero attached hydrogens (tertiary/aromatic N) is 3. The molecule has 6 heterocycles. The fourth-order valence-corrected chi connectivity index (χ4v) is 11.0. The van der Waals surface area contributed by atoms with E-state index in [4.69, 9.17) is 35.4 Å². The minimum Gasteiger partial charge on any atom is -0.462 e. The first-order chi connectivity index (χ1) is 29.0. The highest BCUT2D eigenvalue weighted by atomic mass is 16.7. The first kappa shape index (κ1) is 47.2. The predicted molar refractivity (Wildman–Crippen MR) is 231 cm³/mol. The number of guanidine groups is 1. The van der Waals surface area contributed by atoms with E-state index < -0.39 is 35.5 Å². The summed E-state index contributed by atoms with van der Waals surface area (Å²) in [6, 6.07) is 0.291. The normalized spacial score (nSPS) is 35.6. The molecule has 0 aromatic carbocycles. The monoisotopic (exact) mass is 845 g/mol. The van der Waals surface area contributed by atoms with Gasteiger partial charge in [-0.25, -0.2) is 4.99 Å². The van der Waals surface area contributed by atoms with Crippen LogP contribution in [0, 0.1) is 5.92 Å². The molecule has 0 aromatic heterocycles. The second-order valence-electron chi connectivity index (χ2n) is 18.8. The highest BCUT2D eigenvalue weighted by molar-refractivity contribution is 5.87. The van der Waals surface area contributed by atoms with E-state index in [2.05, 4.69) is 43.1 Å². The molecular formula is C46H80N6O8. The zero-order valence-electron chi connectivity index (χ0n) is 37.2. The van der Waals surface area contributed by atoms with Gasteiger partial charge in [-0.2, -0.15) is 0 Å². The number of allylic oxidation sites excluding steroid dienone is 1. The number of esters is 1. The maximum atomic E-state index is 14.4. The van der Waals surface area contributed by atoms with E-state index >= 15 is 0 Å². The third kappa shape index (κ3) is 11.1. The third-order valence-electron chi connectivity index (χ3n) is 14.2. The van der Waals surface area contributed by atoms with E-state index in [-0.39, 0.29) is 61.8 Å². The SMILES string of the molecule is CCC=C[C@@H]1CC[C@]2(C[C@H]3CC[C@H]4[C@@H](C(=O)O[C@H](CC)CCCCCCCCCCCC[C@@H]5O[C@](O)(CCN)[C@H](O)N(CCCN)C5=O)[C@@]5(CCC[C@H](C)O5)N=C(N2)N34)O1. The Balaban J connectivity index is 0.903. The minimum absolute atomic E-state index is 0.00509. The molecule has 60 heavy (non-hydrogen) atoms. The van der Waals surface area contributed by atoms with Crippen molar-refractivity contribution in [3.63, 3.8) is 0 Å². The predicted octanol–water partition coefficient (Wildman–Crippen LogP) is 5.86. The van der Waals surface area contributed by atoms with Crippen molar-refractivity contribution in [1.82, 2.24) is 15.1 Å². The maximum absolute atomic E-state index is 14.4. The van der Waals surface area contributed by atoms with Crippen LogP contribution >= 0.6 is 0 Å². The second kappa shape index (κ2) is 21.8. The Morgan fingerprint density at radius 2 is 1.70 bits per heavy atom. The van der Waals surface area contributed by atoms with E-state index in [1.54, 1.807) is 0 Å². The molecule has 5 saturated heterocycles. The molecule has 0 saturated carbocycles. The summed E-state index contributed by atoms with van der Waals surface area (Å²) in [7, 11) is 0. The number of aliphatic imine (C=N–C) groups is 1. The molecule has 0 unspecified atom stereocenters.